The molecule has 82 heavy (non-hydrogen) atoms. The van der Waals surface area contributed by atoms with E-state index in [-0.39, 0.29) is 51.6 Å². The molecule has 462 valence electrons. The number of amides is 8. The number of carbonyl (C=O) groups excluding carboxylic acids is 8. The molecule has 0 aromatic heterocycles. The van der Waals surface area contributed by atoms with Gasteiger partial charge in [-0.05, 0) is 116 Å². The SMILES string of the molecule is NCCCC[C@H](NC(=O)[C@H](CCCC[C@H](NC(=O)[C@H](CC(=O)O)NC(=O)[C@H](CCC(=O)O)NC(=O)[C@@H]1CCCCN1)C(=O)N[C@@H](CCCCN)C(=O)O)NC(=O)[C@H](CC(=O)O)NC(=O)[C@H](CCC(=O)O)NC(=O)[C@@H]1CCCCN1)C(=O)O. The van der Waals surface area contributed by atoms with Gasteiger partial charge in [0, 0.05) is 12.8 Å². The number of aliphatic carboxylic acids is 6. The highest BCUT2D eigenvalue weighted by atomic mass is 16.4. The van der Waals surface area contributed by atoms with Crippen LogP contribution in [0.3, 0.4) is 0 Å². The summed E-state index contributed by atoms with van der Waals surface area (Å²) in [5, 5.41) is 82.8. The van der Waals surface area contributed by atoms with Crippen LogP contribution in [0.5, 0.6) is 0 Å². The van der Waals surface area contributed by atoms with E-state index in [1.165, 1.54) is 0 Å². The van der Waals surface area contributed by atoms with E-state index in [2.05, 4.69) is 53.2 Å². The highest BCUT2D eigenvalue weighted by molar-refractivity contribution is 5.98. The van der Waals surface area contributed by atoms with Gasteiger partial charge in [0.05, 0.1) is 24.9 Å². The summed E-state index contributed by atoms with van der Waals surface area (Å²) >= 11 is 0. The van der Waals surface area contributed by atoms with Crippen molar-refractivity contribution in [1.29, 1.82) is 0 Å². The van der Waals surface area contributed by atoms with Crippen LogP contribution in [0.4, 0.5) is 0 Å². The first-order valence-electron chi connectivity index (χ1n) is 27.5. The zero-order valence-corrected chi connectivity index (χ0v) is 45.7. The van der Waals surface area contributed by atoms with Crippen LogP contribution in [0.2, 0.25) is 0 Å². The van der Waals surface area contributed by atoms with E-state index in [4.69, 9.17) is 11.5 Å². The van der Waals surface area contributed by atoms with Crippen molar-refractivity contribution in [3.63, 3.8) is 0 Å². The van der Waals surface area contributed by atoms with Gasteiger partial charge in [-0.2, -0.15) is 0 Å². The Morgan fingerprint density at radius 2 is 0.634 bits per heavy atom. The highest BCUT2D eigenvalue weighted by Gasteiger charge is 2.36. The van der Waals surface area contributed by atoms with Crippen LogP contribution in [0, 0.1) is 0 Å². The van der Waals surface area contributed by atoms with Gasteiger partial charge in [-0.3, -0.25) is 57.5 Å². The van der Waals surface area contributed by atoms with Gasteiger partial charge in [-0.25, -0.2) is 9.59 Å². The van der Waals surface area contributed by atoms with Gasteiger partial charge in [0.2, 0.25) is 47.3 Å². The van der Waals surface area contributed by atoms with Crippen molar-refractivity contribution in [2.75, 3.05) is 26.2 Å². The maximum Gasteiger partial charge on any atom is 0.326 e. The van der Waals surface area contributed by atoms with Crippen molar-refractivity contribution in [2.45, 2.75) is 202 Å². The van der Waals surface area contributed by atoms with Gasteiger partial charge in [0.15, 0.2) is 0 Å². The van der Waals surface area contributed by atoms with E-state index in [1.807, 2.05) is 0 Å². The number of rotatable bonds is 41. The second-order valence-electron chi connectivity index (χ2n) is 20.1. The summed E-state index contributed by atoms with van der Waals surface area (Å²) in [6, 6.07) is -15.2. The lowest BCUT2D eigenvalue weighted by Crippen LogP contribution is -2.59. The third-order valence-corrected chi connectivity index (χ3v) is 13.5. The number of nitrogens with two attached hydrogens (primary N) is 2. The molecular formula is C50H82N12O20. The Morgan fingerprint density at radius 1 is 0.354 bits per heavy atom. The predicted octanol–water partition coefficient (Wildman–Crippen LogP) is -4.18. The first-order chi connectivity index (χ1) is 38.9. The van der Waals surface area contributed by atoms with E-state index in [1.54, 1.807) is 0 Å². The second kappa shape index (κ2) is 38.2. The summed E-state index contributed by atoms with van der Waals surface area (Å²) in [6.45, 7) is 1.32. The van der Waals surface area contributed by atoms with Gasteiger partial charge < -0.3 is 95.3 Å². The topological polar surface area (TPSA) is 533 Å². The molecule has 20 N–H and O–H groups in total. The molecule has 0 spiro atoms. The monoisotopic (exact) mass is 1170 g/mol. The summed E-state index contributed by atoms with van der Waals surface area (Å²) < 4.78 is 0. The fourth-order valence-corrected chi connectivity index (χ4v) is 8.91. The fraction of sp³-hybridized carbons (Fsp3) is 0.720. The van der Waals surface area contributed by atoms with Crippen molar-refractivity contribution in [2.24, 2.45) is 11.5 Å². The predicted molar refractivity (Wildman–Crippen MR) is 285 cm³/mol. The minimum atomic E-state index is -2.00. The van der Waals surface area contributed by atoms with Gasteiger partial charge >= 0.3 is 35.8 Å². The Morgan fingerprint density at radius 3 is 0.915 bits per heavy atom. The van der Waals surface area contributed by atoms with E-state index < -0.39 is 195 Å². The number of nitrogens with one attached hydrogen (secondary N) is 10. The molecule has 2 rings (SSSR count). The van der Waals surface area contributed by atoms with Crippen LogP contribution >= 0.6 is 0 Å². The minimum Gasteiger partial charge on any atom is -0.481 e. The zero-order chi connectivity index (χ0) is 61.3. The van der Waals surface area contributed by atoms with Crippen LogP contribution in [0.25, 0.3) is 0 Å². The summed E-state index contributed by atoms with van der Waals surface area (Å²) in [4.78, 5) is 181. The van der Waals surface area contributed by atoms with Crippen LogP contribution in [0.15, 0.2) is 0 Å². The molecule has 0 unspecified atom stereocenters. The summed E-state index contributed by atoms with van der Waals surface area (Å²) in [5.74, 6) is -17.4. The normalized spacial score (nSPS) is 17.9. The molecule has 2 aliphatic heterocycles. The second-order valence-corrected chi connectivity index (χ2v) is 20.1. The molecule has 10 atom stereocenters. The Balaban J connectivity index is 2.52. The van der Waals surface area contributed by atoms with E-state index in [0.717, 1.165) is 12.8 Å². The van der Waals surface area contributed by atoms with Crippen LogP contribution in [-0.2, 0) is 67.1 Å². The third kappa shape index (κ3) is 27.7. The molecule has 0 radical (unpaired) electrons. The van der Waals surface area contributed by atoms with Crippen molar-refractivity contribution < 1.29 is 97.8 Å². The molecule has 0 aliphatic carbocycles. The van der Waals surface area contributed by atoms with Crippen LogP contribution in [0.1, 0.15) is 141 Å². The van der Waals surface area contributed by atoms with Gasteiger partial charge in [-0.1, -0.05) is 25.7 Å². The molecule has 32 heteroatoms. The lowest BCUT2D eigenvalue weighted by Gasteiger charge is -2.28. The number of carbonyl (C=O) groups is 14. The minimum absolute atomic E-state index is 0.130. The Bertz CT molecular complexity index is 2060. The van der Waals surface area contributed by atoms with Gasteiger partial charge in [0.1, 0.15) is 48.3 Å². The Hall–Kier alpha value is -7.58. The summed E-state index contributed by atoms with van der Waals surface area (Å²) in [5.41, 5.74) is 11.1. The molecule has 2 heterocycles. The van der Waals surface area contributed by atoms with Gasteiger partial charge in [0.25, 0.3) is 0 Å². The number of hydrogen-bond acceptors (Lipinski definition) is 18. The first kappa shape index (κ1) is 70.5. The molecule has 2 saturated heterocycles. The molecule has 0 bridgehead atoms. The van der Waals surface area contributed by atoms with Crippen molar-refractivity contribution >= 4 is 83.1 Å². The smallest absolute Gasteiger partial charge is 0.326 e. The standard InChI is InChI=1S/C50H82N12O20/c51-21-7-3-15-33(49(79)80)59-43(73)29(55-47(77)35(25-39(67)68)61-45(75)31(17-19-37(63)64)57-41(71)27-11-5-9-23-53-27)13-1-2-14-30(44(74)60-34(50(81)82)16-4-8-22-52)56-48(78)36(26-40(69)70)62-46(76)32(18-20-38(65)66)58-42(72)28-12-6-10-24-54-28/h27-36,53-54H,1-26,51-52H2,(H,55,77)(H,56,78)(H,57,71)(H,58,72)(H,59,73)(H,60,74)(H,61,75)(H,62,76)(H,63,64)(H,65,66)(H,67,68)(H,69,70)(H,79,80)(H,81,82)/t27-,28-,29-,30-,31-,32-,33-,34-,35-,36-/m0/s1. The van der Waals surface area contributed by atoms with Crippen LogP contribution in [-0.4, -0.2) is 200 Å². The lowest BCUT2D eigenvalue weighted by atomic mass is 10.0. The summed E-state index contributed by atoms with van der Waals surface area (Å²) in [6.07, 6.45) is -1.22. The van der Waals surface area contributed by atoms with Gasteiger partial charge in [-0.15, -0.1) is 0 Å². The largest absolute Gasteiger partial charge is 0.481 e. The first-order valence-corrected chi connectivity index (χ1v) is 27.5. The molecule has 0 saturated carbocycles. The molecule has 0 aromatic carbocycles. The number of hydrogen-bond donors (Lipinski definition) is 18. The van der Waals surface area contributed by atoms with Crippen molar-refractivity contribution in [3.8, 4) is 0 Å². The van der Waals surface area contributed by atoms with E-state index >= 15 is 0 Å². The third-order valence-electron chi connectivity index (χ3n) is 13.5. The summed E-state index contributed by atoms with van der Waals surface area (Å²) in [7, 11) is 0. The zero-order valence-electron chi connectivity index (χ0n) is 45.7. The lowest BCUT2D eigenvalue weighted by molar-refractivity contribution is -0.143. The quantitative estimate of drug-likeness (QED) is 0.0258. The molecule has 2 aliphatic rings. The highest BCUT2D eigenvalue weighted by Crippen LogP contribution is 2.14. The molecule has 8 amide bonds. The van der Waals surface area contributed by atoms with Crippen LogP contribution < -0.4 is 64.6 Å². The van der Waals surface area contributed by atoms with Crippen molar-refractivity contribution in [1.82, 2.24) is 53.2 Å². The molecule has 0 aromatic rings. The van der Waals surface area contributed by atoms with E-state index in [9.17, 15) is 97.8 Å². The maximum atomic E-state index is 14.0. The number of unbranched alkanes of at least 4 members (excludes halogenated alkanes) is 3. The molecule has 32 nitrogen and oxygen atoms in total. The average molecular weight is 1170 g/mol. The Labute approximate surface area is 472 Å². The average Bonchev–Trinajstić information content (AvgIpc) is 3.46. The number of piperidine rings is 2. The number of carboxylic acid groups (broad SMARTS) is 6. The molecule has 2 fully saturated rings. The maximum absolute atomic E-state index is 14.0. The number of carboxylic acids is 6. The Kier molecular flexibility index (Phi) is 32.8. The molecular weight excluding hydrogens is 1090 g/mol. The van der Waals surface area contributed by atoms with Crippen molar-refractivity contribution in [3.05, 3.63) is 0 Å². The fourth-order valence-electron chi connectivity index (χ4n) is 8.91. The van der Waals surface area contributed by atoms with E-state index in [0.29, 0.717) is 51.6 Å².